The quantitative estimate of drug-likeness (QED) is 0.390. The van der Waals surface area contributed by atoms with Crippen LogP contribution in [-0.4, -0.2) is 103 Å². The van der Waals surface area contributed by atoms with Gasteiger partial charge in [0.1, 0.15) is 10.6 Å². The lowest BCUT2D eigenvalue weighted by atomic mass is 9.95. The number of nitrogens with zero attached hydrogens (tertiary/aromatic N) is 4. The van der Waals surface area contributed by atoms with Crippen molar-refractivity contribution < 1.29 is 22.5 Å². The number of β-amino-alcohol motifs (C(OH)–C–C–N with tert-alkyl or cyclic N) is 1. The smallest absolute Gasteiger partial charge is 0.210 e. The van der Waals surface area contributed by atoms with Gasteiger partial charge >= 0.3 is 0 Å². The Labute approximate surface area is 263 Å². The minimum absolute atomic E-state index is 0.177. The van der Waals surface area contributed by atoms with Crippen molar-refractivity contribution in [1.82, 2.24) is 14.8 Å². The van der Waals surface area contributed by atoms with Crippen LogP contribution in [0.4, 0.5) is 5.69 Å². The molecule has 11 heteroatoms. The summed E-state index contributed by atoms with van der Waals surface area (Å²) in [6, 6.07) is 13.0. The number of aliphatic hydroxyl groups excluding tert-OH is 1. The SMILES string of the molecule is CCOc1ccc(S(=O)(=O)c2cnc3ccc([S@@](C)=O)cc3c2N2CCC(N3CCC(N4CCC[C@H](O)C4)CC3)CC2)cc1. The molecule has 2 aromatic carbocycles. The molecule has 3 aliphatic heterocycles. The van der Waals surface area contributed by atoms with E-state index in [9.17, 15) is 17.7 Å². The van der Waals surface area contributed by atoms with Gasteiger partial charge in [-0.3, -0.25) is 14.1 Å². The molecule has 0 bridgehead atoms. The predicted molar refractivity (Wildman–Crippen MR) is 174 cm³/mol. The Balaban J connectivity index is 1.24. The summed E-state index contributed by atoms with van der Waals surface area (Å²) in [4.78, 5) is 12.9. The number of aliphatic hydroxyl groups is 1. The highest BCUT2D eigenvalue weighted by molar-refractivity contribution is 7.91. The summed E-state index contributed by atoms with van der Waals surface area (Å²) in [5, 5.41) is 10.9. The molecule has 4 heterocycles. The number of pyridine rings is 1. The molecule has 0 aliphatic carbocycles. The predicted octanol–water partition coefficient (Wildman–Crippen LogP) is 4.09. The van der Waals surface area contributed by atoms with Crippen molar-refractivity contribution in [2.45, 2.75) is 78.3 Å². The molecule has 0 amide bonds. The van der Waals surface area contributed by atoms with Gasteiger partial charge in [-0.1, -0.05) is 0 Å². The minimum Gasteiger partial charge on any atom is -0.494 e. The highest BCUT2D eigenvalue weighted by Gasteiger charge is 2.34. The average Bonchev–Trinajstić information content (AvgIpc) is 3.04. The van der Waals surface area contributed by atoms with Gasteiger partial charge in [0.25, 0.3) is 0 Å². The Morgan fingerprint density at radius 3 is 2.27 bits per heavy atom. The number of ether oxygens (including phenoxy) is 1. The maximum atomic E-state index is 14.1. The standard InChI is InChI=1S/C33H44N4O5S2/c1-3-42-27-6-9-29(10-7-27)44(40,41)32-22-34-31-11-8-28(43(2)39)21-30(31)33(32)36-19-14-24(15-20-36)35-17-12-25(13-18-35)37-16-4-5-26(38)23-37/h6-11,21-22,24-26,38H,3-5,12-20,23H2,1-2H3/t26-,43+/m0/s1. The van der Waals surface area contributed by atoms with Gasteiger partial charge in [0.15, 0.2) is 0 Å². The molecule has 0 spiro atoms. The van der Waals surface area contributed by atoms with Crippen LogP contribution in [0.25, 0.3) is 10.9 Å². The zero-order valence-electron chi connectivity index (χ0n) is 25.7. The zero-order chi connectivity index (χ0) is 30.8. The van der Waals surface area contributed by atoms with Crippen molar-refractivity contribution in [3.63, 3.8) is 0 Å². The normalized spacial score (nSPS) is 22.3. The molecule has 0 saturated carbocycles. The number of hydrogen-bond donors (Lipinski definition) is 1. The third kappa shape index (κ3) is 6.53. The van der Waals surface area contributed by atoms with Gasteiger partial charge in [-0.2, -0.15) is 0 Å². The molecule has 1 aromatic heterocycles. The van der Waals surface area contributed by atoms with Gasteiger partial charge in [0, 0.05) is 65.3 Å². The van der Waals surface area contributed by atoms with Crippen LogP contribution in [0, 0.1) is 0 Å². The number of sulfone groups is 1. The van der Waals surface area contributed by atoms with Crippen LogP contribution in [0.3, 0.4) is 0 Å². The summed E-state index contributed by atoms with van der Waals surface area (Å²) in [5.41, 5.74) is 1.34. The van der Waals surface area contributed by atoms with Gasteiger partial charge in [-0.05, 0) is 108 Å². The van der Waals surface area contributed by atoms with E-state index in [1.54, 1.807) is 36.6 Å². The second kappa shape index (κ2) is 13.4. The highest BCUT2D eigenvalue weighted by atomic mass is 32.2. The summed E-state index contributed by atoms with van der Waals surface area (Å²) >= 11 is 0. The molecule has 0 unspecified atom stereocenters. The number of hydrogen-bond acceptors (Lipinski definition) is 9. The van der Waals surface area contributed by atoms with Gasteiger partial charge in [0.2, 0.25) is 9.84 Å². The highest BCUT2D eigenvalue weighted by Crippen LogP contribution is 2.39. The van der Waals surface area contributed by atoms with E-state index in [1.807, 2.05) is 19.1 Å². The number of piperidine rings is 3. The molecular formula is C33H44N4O5S2. The first-order chi connectivity index (χ1) is 21.2. The summed E-state index contributed by atoms with van der Waals surface area (Å²) in [6.07, 6.45) is 9.07. The Kier molecular flexibility index (Phi) is 9.58. The lowest BCUT2D eigenvalue weighted by Gasteiger charge is -2.45. The van der Waals surface area contributed by atoms with Crippen molar-refractivity contribution in [2.75, 3.05) is 57.0 Å². The number of rotatable bonds is 8. The molecule has 3 aliphatic rings. The third-order valence-corrected chi connectivity index (χ3v) is 12.3. The number of fused-ring (bicyclic) bond motifs is 1. The van der Waals surface area contributed by atoms with Crippen LogP contribution >= 0.6 is 0 Å². The van der Waals surface area contributed by atoms with Gasteiger partial charge < -0.3 is 19.6 Å². The summed E-state index contributed by atoms with van der Waals surface area (Å²) < 4.78 is 46.2. The second-order valence-corrected chi connectivity index (χ2v) is 15.6. The summed E-state index contributed by atoms with van der Waals surface area (Å²) in [7, 11) is -5.12. The van der Waals surface area contributed by atoms with Crippen LogP contribution < -0.4 is 9.64 Å². The number of anilines is 1. The van der Waals surface area contributed by atoms with Crippen LogP contribution in [-0.2, 0) is 20.6 Å². The van der Waals surface area contributed by atoms with Crippen LogP contribution in [0.5, 0.6) is 5.75 Å². The number of likely N-dealkylation sites (tertiary alicyclic amines) is 2. The maximum absolute atomic E-state index is 14.1. The van der Waals surface area contributed by atoms with Crippen molar-refractivity contribution in [3.8, 4) is 5.75 Å². The minimum atomic E-state index is -3.90. The lowest BCUT2D eigenvalue weighted by molar-refractivity contribution is 0.0170. The number of benzene rings is 2. The van der Waals surface area contributed by atoms with Crippen molar-refractivity contribution in [1.29, 1.82) is 0 Å². The average molecular weight is 641 g/mol. The molecule has 1 N–H and O–H groups in total. The van der Waals surface area contributed by atoms with Crippen molar-refractivity contribution in [3.05, 3.63) is 48.7 Å². The van der Waals surface area contributed by atoms with Crippen molar-refractivity contribution in [2.24, 2.45) is 0 Å². The molecule has 9 nitrogen and oxygen atoms in total. The summed E-state index contributed by atoms with van der Waals surface area (Å²) in [5.74, 6) is 0.623. The fourth-order valence-corrected chi connectivity index (χ4v) is 9.21. The van der Waals surface area contributed by atoms with E-state index in [-0.39, 0.29) is 15.9 Å². The van der Waals surface area contributed by atoms with E-state index in [1.165, 1.54) is 6.20 Å². The van der Waals surface area contributed by atoms with Gasteiger partial charge in [-0.15, -0.1) is 0 Å². The molecular weight excluding hydrogens is 597 g/mol. The Hall–Kier alpha value is -2.57. The first-order valence-corrected chi connectivity index (χ1v) is 18.9. The van der Waals surface area contributed by atoms with Crippen LogP contribution in [0.1, 0.15) is 45.4 Å². The Morgan fingerprint density at radius 2 is 1.61 bits per heavy atom. The first-order valence-electron chi connectivity index (χ1n) is 15.9. The largest absolute Gasteiger partial charge is 0.494 e. The molecule has 0 radical (unpaired) electrons. The fourth-order valence-electron chi connectivity index (χ4n) is 7.24. The first kappa shape index (κ1) is 31.4. The molecule has 3 fully saturated rings. The molecule has 3 saturated heterocycles. The van der Waals surface area contributed by atoms with Gasteiger partial charge in [0.05, 0.1) is 28.8 Å². The monoisotopic (exact) mass is 640 g/mol. The van der Waals surface area contributed by atoms with E-state index in [4.69, 9.17) is 4.74 Å². The lowest BCUT2D eigenvalue weighted by Crippen LogP contribution is -2.53. The van der Waals surface area contributed by atoms with Crippen LogP contribution in [0.2, 0.25) is 0 Å². The van der Waals surface area contributed by atoms with Gasteiger partial charge in [-0.25, -0.2) is 8.42 Å². The summed E-state index contributed by atoms with van der Waals surface area (Å²) in [6.45, 7) is 7.87. The Morgan fingerprint density at radius 1 is 0.932 bits per heavy atom. The van der Waals surface area contributed by atoms with E-state index in [2.05, 4.69) is 19.7 Å². The van der Waals surface area contributed by atoms with Crippen molar-refractivity contribution >= 4 is 37.2 Å². The fraction of sp³-hybridized carbons (Fsp3) is 0.545. The third-order valence-electron chi connectivity index (χ3n) is 9.58. The molecule has 2 atom stereocenters. The molecule has 3 aromatic rings. The van der Waals surface area contributed by atoms with Crippen LogP contribution in [0.15, 0.2) is 63.3 Å². The zero-order valence-corrected chi connectivity index (χ0v) is 27.4. The Bertz CT molecular complexity index is 1580. The van der Waals surface area contributed by atoms with E-state index in [0.29, 0.717) is 45.9 Å². The van der Waals surface area contributed by atoms with E-state index < -0.39 is 20.6 Å². The van der Waals surface area contributed by atoms with E-state index in [0.717, 1.165) is 77.8 Å². The molecule has 238 valence electrons. The number of aromatic nitrogens is 1. The van der Waals surface area contributed by atoms with E-state index >= 15 is 0 Å². The topological polar surface area (TPSA) is 103 Å². The second-order valence-electron chi connectivity index (χ2n) is 12.3. The molecule has 44 heavy (non-hydrogen) atoms. The maximum Gasteiger partial charge on any atom is 0.210 e. The molecule has 6 rings (SSSR count).